The molecule has 5 nitrogen and oxygen atoms in total. The van der Waals surface area contributed by atoms with Crippen molar-refractivity contribution in [2.45, 2.75) is 25.8 Å². The quantitative estimate of drug-likeness (QED) is 0.541. The molecular weight excluding hydrogens is 411 g/mol. The van der Waals surface area contributed by atoms with Gasteiger partial charge in [-0.1, -0.05) is 53.5 Å². The maximum Gasteiger partial charge on any atom is 0.306 e. The average Bonchev–Trinajstić information content (AvgIpc) is 2.70. The molecule has 0 aliphatic carbocycles. The molecule has 0 fully saturated rings. The number of ether oxygens (including phenoxy) is 1. The Hall–Kier alpha value is -2.63. The fourth-order valence-corrected chi connectivity index (χ4v) is 3.48. The summed E-state index contributed by atoms with van der Waals surface area (Å²) in [6.45, 7) is 1.44. The number of para-hydroxylation sites is 1. The largest absolute Gasteiger partial charge is 0.456 e. The first kappa shape index (κ1) is 21.1. The Kier molecular flexibility index (Phi) is 7.07. The summed E-state index contributed by atoms with van der Waals surface area (Å²) in [5.41, 5.74) is 2.42. The van der Waals surface area contributed by atoms with Gasteiger partial charge in [0.25, 0.3) is 5.91 Å². The number of nitrogens with zero attached hydrogens (tertiary/aromatic N) is 1. The van der Waals surface area contributed by atoms with Crippen molar-refractivity contribution >= 4 is 46.0 Å². The van der Waals surface area contributed by atoms with Crippen LogP contribution in [0.25, 0.3) is 10.9 Å². The van der Waals surface area contributed by atoms with Gasteiger partial charge < -0.3 is 10.1 Å². The van der Waals surface area contributed by atoms with E-state index in [1.807, 2.05) is 36.4 Å². The number of rotatable bonds is 7. The summed E-state index contributed by atoms with van der Waals surface area (Å²) in [6, 6.07) is 16.4. The molecule has 0 saturated carbocycles. The number of aromatic nitrogens is 1. The molecule has 1 aromatic heterocycles. The van der Waals surface area contributed by atoms with Crippen LogP contribution in [0.1, 0.15) is 30.6 Å². The summed E-state index contributed by atoms with van der Waals surface area (Å²) in [5.74, 6) is -0.854. The molecule has 3 aromatic rings. The second-order valence-corrected chi connectivity index (χ2v) is 7.45. The van der Waals surface area contributed by atoms with E-state index < -0.39 is 11.9 Å². The Morgan fingerprint density at radius 3 is 2.69 bits per heavy atom. The number of fused-ring (bicyclic) bond motifs is 1. The van der Waals surface area contributed by atoms with E-state index in [1.54, 1.807) is 25.1 Å². The molecule has 1 unspecified atom stereocenters. The highest BCUT2D eigenvalue weighted by Crippen LogP contribution is 2.26. The molecule has 0 radical (unpaired) electrons. The lowest BCUT2D eigenvalue weighted by atomic mass is 10.1. The normalized spacial score (nSPS) is 11.8. The van der Waals surface area contributed by atoms with Crippen LogP contribution in [-0.4, -0.2) is 23.5 Å². The number of aryl methyl sites for hydroxylation is 1. The number of halogens is 2. The number of hydrogen-bond donors (Lipinski definition) is 1. The Balaban J connectivity index is 1.45. The van der Waals surface area contributed by atoms with Gasteiger partial charge in [-0.3, -0.25) is 14.6 Å². The second-order valence-electron chi connectivity index (χ2n) is 6.61. The highest BCUT2D eigenvalue weighted by atomic mass is 35.5. The van der Waals surface area contributed by atoms with Crippen molar-refractivity contribution in [2.75, 3.05) is 6.61 Å². The molecule has 1 N–H and O–H groups in total. The minimum atomic E-state index is -0.452. The number of carbonyl (C=O) groups excluding carboxylic acids is 2. The van der Waals surface area contributed by atoms with Crippen LogP contribution in [-0.2, 0) is 20.7 Å². The second kappa shape index (κ2) is 9.72. The third kappa shape index (κ3) is 5.92. The predicted molar refractivity (Wildman–Crippen MR) is 114 cm³/mol. The zero-order chi connectivity index (χ0) is 20.8. The van der Waals surface area contributed by atoms with E-state index in [0.29, 0.717) is 16.5 Å². The molecular formula is C22H20Cl2N2O3. The average molecular weight is 431 g/mol. The molecule has 1 amide bonds. The Labute approximate surface area is 179 Å². The molecule has 0 bridgehead atoms. The maximum atomic E-state index is 12.1. The zero-order valence-electron chi connectivity index (χ0n) is 15.8. The summed E-state index contributed by atoms with van der Waals surface area (Å²) in [5, 5.41) is 4.78. The van der Waals surface area contributed by atoms with Gasteiger partial charge in [0.05, 0.1) is 18.0 Å². The van der Waals surface area contributed by atoms with Gasteiger partial charge in [-0.25, -0.2) is 0 Å². The lowest BCUT2D eigenvalue weighted by molar-refractivity contribution is -0.148. The maximum absolute atomic E-state index is 12.1. The van der Waals surface area contributed by atoms with Crippen LogP contribution >= 0.6 is 23.2 Å². The number of pyridine rings is 1. The number of amides is 1. The molecule has 29 heavy (non-hydrogen) atoms. The van der Waals surface area contributed by atoms with Crippen LogP contribution in [0.15, 0.2) is 54.6 Å². The van der Waals surface area contributed by atoms with E-state index in [4.69, 9.17) is 27.9 Å². The summed E-state index contributed by atoms with van der Waals surface area (Å²) in [7, 11) is 0. The molecule has 0 aliphatic heterocycles. The highest BCUT2D eigenvalue weighted by Gasteiger charge is 2.14. The summed E-state index contributed by atoms with van der Waals surface area (Å²) in [6.07, 6.45) is 0.596. The number of benzene rings is 2. The minimum absolute atomic E-state index is 0.150. The predicted octanol–water partition coefficient (Wildman–Crippen LogP) is 4.89. The van der Waals surface area contributed by atoms with E-state index in [1.165, 1.54) is 0 Å². The fraction of sp³-hybridized carbons (Fsp3) is 0.227. The first-order valence-corrected chi connectivity index (χ1v) is 9.92. The molecule has 150 valence electrons. The number of nitrogens with one attached hydrogen (secondary N) is 1. The summed E-state index contributed by atoms with van der Waals surface area (Å²) in [4.78, 5) is 28.5. The molecule has 0 aliphatic rings. The third-order valence-corrected chi connectivity index (χ3v) is 4.97. The summed E-state index contributed by atoms with van der Waals surface area (Å²) >= 11 is 12.0. The van der Waals surface area contributed by atoms with E-state index in [0.717, 1.165) is 22.2 Å². The number of hydrogen-bond acceptors (Lipinski definition) is 4. The van der Waals surface area contributed by atoms with E-state index in [9.17, 15) is 9.59 Å². The Morgan fingerprint density at radius 2 is 1.90 bits per heavy atom. The van der Waals surface area contributed by atoms with Crippen molar-refractivity contribution in [3.8, 4) is 0 Å². The minimum Gasteiger partial charge on any atom is -0.456 e. The smallest absolute Gasteiger partial charge is 0.306 e. The number of esters is 1. The van der Waals surface area contributed by atoms with Crippen LogP contribution in [0.5, 0.6) is 0 Å². The van der Waals surface area contributed by atoms with Crippen molar-refractivity contribution in [3.05, 3.63) is 75.9 Å². The lowest BCUT2D eigenvalue weighted by Gasteiger charge is -2.16. The van der Waals surface area contributed by atoms with Crippen molar-refractivity contribution in [2.24, 2.45) is 0 Å². The van der Waals surface area contributed by atoms with E-state index in [-0.39, 0.29) is 19.1 Å². The van der Waals surface area contributed by atoms with Crippen LogP contribution < -0.4 is 5.32 Å². The van der Waals surface area contributed by atoms with Crippen molar-refractivity contribution < 1.29 is 14.3 Å². The van der Waals surface area contributed by atoms with E-state index in [2.05, 4.69) is 10.3 Å². The first-order valence-electron chi connectivity index (χ1n) is 9.17. The van der Waals surface area contributed by atoms with Gasteiger partial charge in [-0.2, -0.15) is 0 Å². The lowest BCUT2D eigenvalue weighted by Crippen LogP contribution is -2.31. The van der Waals surface area contributed by atoms with Crippen molar-refractivity contribution in [3.63, 3.8) is 0 Å². The van der Waals surface area contributed by atoms with Crippen LogP contribution in [0.4, 0.5) is 0 Å². The van der Waals surface area contributed by atoms with Gasteiger partial charge in [-0.05, 0) is 36.8 Å². The van der Waals surface area contributed by atoms with Crippen molar-refractivity contribution in [1.29, 1.82) is 0 Å². The van der Waals surface area contributed by atoms with Gasteiger partial charge in [0.2, 0.25) is 0 Å². The Morgan fingerprint density at radius 1 is 1.10 bits per heavy atom. The Bertz CT molecular complexity index is 1040. The number of carbonyl (C=O) groups is 2. The van der Waals surface area contributed by atoms with E-state index >= 15 is 0 Å². The molecule has 1 heterocycles. The van der Waals surface area contributed by atoms with Gasteiger partial charge in [0, 0.05) is 27.5 Å². The standard InChI is InChI=1S/C22H20Cl2N2O3/c1-14(18-10-7-16(23)12-19(18)24)25-21(27)13-29-22(28)11-9-17-8-6-15-4-2-3-5-20(15)26-17/h2-8,10,12,14H,9,11,13H2,1H3,(H,25,27). The summed E-state index contributed by atoms with van der Waals surface area (Å²) < 4.78 is 5.07. The molecule has 7 heteroatoms. The molecule has 2 aromatic carbocycles. The zero-order valence-corrected chi connectivity index (χ0v) is 17.3. The van der Waals surface area contributed by atoms with Gasteiger partial charge >= 0.3 is 5.97 Å². The van der Waals surface area contributed by atoms with Crippen LogP contribution in [0, 0.1) is 0 Å². The molecule has 0 saturated heterocycles. The van der Waals surface area contributed by atoms with Gasteiger partial charge in [0.1, 0.15) is 0 Å². The van der Waals surface area contributed by atoms with Crippen LogP contribution in [0.3, 0.4) is 0 Å². The molecule has 1 atom stereocenters. The first-order chi connectivity index (χ1) is 13.9. The van der Waals surface area contributed by atoms with Gasteiger partial charge in [-0.15, -0.1) is 0 Å². The third-order valence-electron chi connectivity index (χ3n) is 4.41. The SMILES string of the molecule is CC(NC(=O)COC(=O)CCc1ccc2ccccc2n1)c1ccc(Cl)cc1Cl. The fourth-order valence-electron chi connectivity index (χ4n) is 2.91. The molecule has 3 rings (SSSR count). The monoisotopic (exact) mass is 430 g/mol. The topological polar surface area (TPSA) is 68.3 Å². The highest BCUT2D eigenvalue weighted by molar-refractivity contribution is 6.35. The van der Waals surface area contributed by atoms with Crippen LogP contribution in [0.2, 0.25) is 10.0 Å². The van der Waals surface area contributed by atoms with Gasteiger partial charge in [0.15, 0.2) is 6.61 Å². The van der Waals surface area contributed by atoms with Crippen molar-refractivity contribution in [1.82, 2.24) is 10.3 Å². The molecule has 0 spiro atoms.